The number of hydrogen-bond acceptors (Lipinski definition) is 12. The minimum Gasteiger partial charge on any atom is -0.460 e. The molecular weight excluding hydrogens is 961 g/mol. The van der Waals surface area contributed by atoms with Crippen LogP contribution in [0, 0.1) is 0 Å². The van der Waals surface area contributed by atoms with E-state index in [9.17, 15) is 39.0 Å². The van der Waals surface area contributed by atoms with Gasteiger partial charge in [0.2, 0.25) is 0 Å². The lowest BCUT2D eigenvalue weighted by Gasteiger charge is -2.25. The van der Waals surface area contributed by atoms with Gasteiger partial charge in [0.15, 0.2) is 5.79 Å². The monoisotopic (exact) mass is 1010 g/mol. The number of aliphatic hydroxyl groups excluding tert-OH is 2. The summed E-state index contributed by atoms with van der Waals surface area (Å²) < 4.78 is 27.9. The van der Waals surface area contributed by atoms with Crippen LogP contribution in [0.25, 0.3) is 87.2 Å². The molecule has 4 amide bonds. The number of carbonyl (C=O) groups is 6. The summed E-state index contributed by atoms with van der Waals surface area (Å²) in [5.74, 6) is -3.49. The first-order valence-corrected chi connectivity index (χ1v) is 24.9. The molecule has 18 nitrogen and oxygen atoms in total. The Morgan fingerprint density at radius 1 is 0.533 bits per heavy atom. The molecule has 6 aromatic carbocycles. The van der Waals surface area contributed by atoms with Crippen LogP contribution in [0.15, 0.2) is 97.1 Å². The topological polar surface area (TPSA) is 245 Å². The predicted molar refractivity (Wildman–Crippen MR) is 275 cm³/mol. The first kappa shape index (κ1) is 45.2. The van der Waals surface area contributed by atoms with Gasteiger partial charge < -0.3 is 48.3 Å². The average Bonchev–Trinajstić information content (AvgIpc) is 4.29. The Morgan fingerprint density at radius 2 is 0.933 bits per heavy atom. The van der Waals surface area contributed by atoms with Gasteiger partial charge in [-0.25, -0.2) is 0 Å². The Balaban J connectivity index is 0.000000138. The number of aromatic amines is 2. The van der Waals surface area contributed by atoms with E-state index in [1.165, 1.54) is 13.8 Å². The van der Waals surface area contributed by atoms with Crippen molar-refractivity contribution in [2.24, 2.45) is 0 Å². The van der Waals surface area contributed by atoms with E-state index in [1.54, 1.807) is 0 Å². The summed E-state index contributed by atoms with van der Waals surface area (Å²) in [5.41, 5.74) is 7.59. The number of ether oxygens (including phenoxy) is 4. The number of nitrogens with one attached hydrogen (secondary N) is 4. The quantitative estimate of drug-likeness (QED) is 0.0737. The molecule has 7 heterocycles. The number of para-hydroxylation sites is 4. The van der Waals surface area contributed by atoms with Gasteiger partial charge in [-0.2, -0.15) is 0 Å². The SMILES string of the molecule is CC(=O)O[C@H]1CC(n2c3ccccc3c3c4c(c5c6ccccc6[nH]c5c32)C(=O)NC4=O)[C@@H]2OC(C)(C)O[C@H]12.CC(=O)O[C@H]1CC(n2c3ccccc3c3c4c(c5c6ccccc6[nH]c5c32)C(=O)NC4=O)[C@H](O)[C@@H]1O. The second-order valence-electron chi connectivity index (χ2n) is 20.6. The van der Waals surface area contributed by atoms with Gasteiger partial charge in [0, 0.05) is 91.8 Å². The highest BCUT2D eigenvalue weighted by molar-refractivity contribution is 6.41. The van der Waals surface area contributed by atoms with E-state index in [0.29, 0.717) is 55.9 Å². The smallest absolute Gasteiger partial charge is 0.302 e. The highest BCUT2D eigenvalue weighted by Crippen LogP contribution is 2.52. The lowest BCUT2D eigenvalue weighted by atomic mass is 9.96. The van der Waals surface area contributed by atoms with Crippen molar-refractivity contribution in [2.75, 3.05) is 0 Å². The maximum Gasteiger partial charge on any atom is 0.302 e. The predicted octanol–water partition coefficient (Wildman–Crippen LogP) is 7.62. The van der Waals surface area contributed by atoms with Gasteiger partial charge in [-0.1, -0.05) is 72.8 Å². The van der Waals surface area contributed by atoms with Crippen molar-refractivity contribution in [1.82, 2.24) is 29.7 Å². The first-order valence-electron chi connectivity index (χ1n) is 24.9. The third-order valence-corrected chi connectivity index (χ3v) is 15.8. The minimum absolute atomic E-state index is 0.180. The highest BCUT2D eigenvalue weighted by atomic mass is 16.8. The molecule has 376 valence electrons. The van der Waals surface area contributed by atoms with Crippen LogP contribution in [-0.2, 0) is 28.5 Å². The van der Waals surface area contributed by atoms with E-state index < -0.39 is 78.1 Å². The zero-order chi connectivity index (χ0) is 51.7. The number of rotatable bonds is 4. The molecule has 1 saturated heterocycles. The van der Waals surface area contributed by atoms with Crippen molar-refractivity contribution in [3.8, 4) is 0 Å². The number of aliphatic hydroxyl groups is 2. The molecule has 0 radical (unpaired) electrons. The van der Waals surface area contributed by atoms with Gasteiger partial charge in [-0.3, -0.25) is 39.4 Å². The van der Waals surface area contributed by atoms with Gasteiger partial charge in [-0.15, -0.1) is 0 Å². The van der Waals surface area contributed by atoms with Crippen LogP contribution in [0.4, 0.5) is 0 Å². The largest absolute Gasteiger partial charge is 0.460 e. The number of esters is 2. The standard InChI is InChI=1S/C30H25N3O6.C27H21N3O6/c1-13(34)37-19-12-18(26-27(19)39-30(2,3)38-26)33-17-11-7-5-9-15(17)21-23-22(28(35)32-29(23)36)20-14-8-4-6-10-16(14)31-24(20)25(21)33;1-11(31)36-17-10-16(24(32)25(17)33)30-15-9-5-3-7-13(15)19-21-20(26(34)29-27(21)35)18-12-6-2-4-8-14(12)28-22(18)23(19)30/h4-11,18-19,26-27,31H,12H2,1-3H3,(H,32,35,36);2-9,16-17,24-25,28,32-33H,10H2,1H3,(H,29,34,35)/t18?,19-,26-,27+;16?,17-,24-,25+/m00/s1. The van der Waals surface area contributed by atoms with Gasteiger partial charge in [0.1, 0.15) is 36.6 Å². The Labute approximate surface area is 423 Å². The third-order valence-electron chi connectivity index (χ3n) is 15.8. The van der Waals surface area contributed by atoms with Gasteiger partial charge in [0.25, 0.3) is 23.6 Å². The van der Waals surface area contributed by atoms with Gasteiger partial charge in [0.05, 0.1) is 56.4 Å². The fraction of sp³-hybridized carbons (Fsp3) is 0.263. The number of fused-ring (bicyclic) bond motifs is 21. The third kappa shape index (κ3) is 6.27. The maximum absolute atomic E-state index is 13.4. The molecule has 3 aliphatic heterocycles. The fourth-order valence-electron chi connectivity index (χ4n) is 13.3. The van der Waals surface area contributed by atoms with Crippen LogP contribution < -0.4 is 10.6 Å². The molecule has 4 aromatic heterocycles. The zero-order valence-corrected chi connectivity index (χ0v) is 40.6. The summed E-state index contributed by atoms with van der Waals surface area (Å²) in [7, 11) is 0. The summed E-state index contributed by atoms with van der Waals surface area (Å²) in [4.78, 5) is 83.4. The molecule has 18 heteroatoms. The molecule has 2 aliphatic carbocycles. The highest BCUT2D eigenvalue weighted by Gasteiger charge is 2.57. The number of carbonyl (C=O) groups excluding carboxylic acids is 6. The van der Waals surface area contributed by atoms with E-state index in [4.69, 9.17) is 18.9 Å². The Kier molecular flexibility index (Phi) is 9.52. The summed E-state index contributed by atoms with van der Waals surface area (Å²) >= 11 is 0. The van der Waals surface area contributed by atoms with Crippen LogP contribution in [-0.4, -0.2) is 107 Å². The molecule has 15 rings (SSSR count). The summed E-state index contributed by atoms with van der Waals surface area (Å²) in [5, 5.41) is 32.8. The van der Waals surface area contributed by atoms with E-state index in [1.807, 2.05) is 115 Å². The molecule has 5 aliphatic rings. The lowest BCUT2D eigenvalue weighted by Crippen LogP contribution is -2.33. The molecule has 2 unspecified atom stereocenters. The van der Waals surface area contributed by atoms with E-state index >= 15 is 0 Å². The number of amides is 4. The molecule has 6 N–H and O–H groups in total. The normalized spacial score (nSPS) is 24.7. The van der Waals surface area contributed by atoms with Crippen molar-refractivity contribution in [1.29, 1.82) is 0 Å². The van der Waals surface area contributed by atoms with Crippen molar-refractivity contribution in [3.05, 3.63) is 119 Å². The number of imide groups is 2. The Morgan fingerprint density at radius 3 is 1.43 bits per heavy atom. The van der Waals surface area contributed by atoms with Crippen LogP contribution in [0.1, 0.15) is 94.1 Å². The maximum atomic E-state index is 13.4. The van der Waals surface area contributed by atoms with Crippen LogP contribution in [0.5, 0.6) is 0 Å². The summed E-state index contributed by atoms with van der Waals surface area (Å²) in [6.45, 7) is 6.38. The molecule has 2 saturated carbocycles. The Bertz CT molecular complexity index is 4270. The number of benzene rings is 6. The number of H-pyrrole nitrogens is 2. The van der Waals surface area contributed by atoms with E-state index in [0.717, 1.165) is 60.0 Å². The summed E-state index contributed by atoms with van der Waals surface area (Å²) in [6, 6.07) is 29.8. The Hall–Kier alpha value is -8.42. The van der Waals surface area contributed by atoms with Crippen LogP contribution in [0.2, 0.25) is 0 Å². The van der Waals surface area contributed by atoms with E-state index in [2.05, 4.69) is 25.2 Å². The number of aromatic nitrogens is 4. The molecule has 0 bridgehead atoms. The van der Waals surface area contributed by atoms with Crippen LogP contribution in [0.3, 0.4) is 0 Å². The number of hydrogen-bond donors (Lipinski definition) is 6. The van der Waals surface area contributed by atoms with E-state index in [-0.39, 0.29) is 18.4 Å². The molecule has 8 atom stereocenters. The second kappa shape index (κ2) is 15.8. The zero-order valence-electron chi connectivity index (χ0n) is 40.6. The molecule has 75 heavy (non-hydrogen) atoms. The first-order chi connectivity index (χ1) is 36.1. The molecule has 10 aromatic rings. The van der Waals surface area contributed by atoms with Gasteiger partial charge in [-0.05, 0) is 38.1 Å². The summed E-state index contributed by atoms with van der Waals surface area (Å²) in [6.07, 6.45) is -4.05. The molecular formula is C57H46N6O12. The van der Waals surface area contributed by atoms with Crippen molar-refractivity contribution >= 4 is 123 Å². The molecule has 3 fully saturated rings. The van der Waals surface area contributed by atoms with Crippen molar-refractivity contribution in [3.63, 3.8) is 0 Å². The number of nitrogens with zero attached hydrogens (tertiary/aromatic N) is 2. The average molecular weight is 1010 g/mol. The van der Waals surface area contributed by atoms with Crippen molar-refractivity contribution < 1.29 is 57.9 Å². The van der Waals surface area contributed by atoms with Gasteiger partial charge >= 0.3 is 11.9 Å². The fourth-order valence-corrected chi connectivity index (χ4v) is 13.3. The second-order valence-corrected chi connectivity index (χ2v) is 20.6. The van der Waals surface area contributed by atoms with Crippen LogP contribution >= 0.6 is 0 Å². The molecule has 0 spiro atoms. The van der Waals surface area contributed by atoms with Crippen molar-refractivity contribution in [2.45, 2.75) is 95.0 Å². The minimum atomic E-state index is -1.27. The lowest BCUT2D eigenvalue weighted by molar-refractivity contribution is -0.176.